The quantitative estimate of drug-likeness (QED) is 0.830. The average Bonchev–Trinajstić information content (AvgIpc) is 2.47. The van der Waals surface area contributed by atoms with Crippen LogP contribution in [0.25, 0.3) is 0 Å². The number of rotatable bonds is 3. The lowest BCUT2D eigenvalue weighted by molar-refractivity contribution is -0.150. The van der Waals surface area contributed by atoms with Crippen molar-refractivity contribution < 1.29 is 14.3 Å². The summed E-state index contributed by atoms with van der Waals surface area (Å²) in [6.07, 6.45) is 2.88. The van der Waals surface area contributed by atoms with Crippen molar-refractivity contribution in [3.05, 3.63) is 29.8 Å². The van der Waals surface area contributed by atoms with Gasteiger partial charge in [0.15, 0.2) is 0 Å². The van der Waals surface area contributed by atoms with E-state index in [1.807, 2.05) is 24.3 Å². The lowest BCUT2D eigenvalue weighted by Gasteiger charge is -2.36. The van der Waals surface area contributed by atoms with Crippen molar-refractivity contribution in [3.63, 3.8) is 0 Å². The second kappa shape index (κ2) is 5.40. The minimum atomic E-state index is -0.695. The molecule has 18 heavy (non-hydrogen) atoms. The third kappa shape index (κ3) is 2.20. The molecule has 0 radical (unpaired) electrons. The van der Waals surface area contributed by atoms with Gasteiger partial charge in [-0.25, -0.2) is 4.79 Å². The third-order valence-electron chi connectivity index (χ3n) is 3.52. The minimum Gasteiger partial charge on any atom is -0.497 e. The van der Waals surface area contributed by atoms with E-state index in [0.717, 1.165) is 37.1 Å². The molecule has 1 fully saturated rings. The van der Waals surface area contributed by atoms with Gasteiger partial charge in [0, 0.05) is 0 Å². The second-order valence-electron chi connectivity index (χ2n) is 4.51. The van der Waals surface area contributed by atoms with Crippen molar-refractivity contribution in [1.82, 2.24) is 5.32 Å². The van der Waals surface area contributed by atoms with Crippen LogP contribution in [0, 0.1) is 0 Å². The Morgan fingerprint density at radius 1 is 1.22 bits per heavy atom. The number of nitrogens with one attached hydrogen (secondary N) is 1. The van der Waals surface area contributed by atoms with Crippen LogP contribution < -0.4 is 10.1 Å². The molecular weight excluding hydrogens is 230 g/mol. The smallest absolute Gasteiger partial charge is 0.330 e. The molecule has 1 saturated heterocycles. The number of hydrogen-bond donors (Lipinski definition) is 1. The van der Waals surface area contributed by atoms with Gasteiger partial charge in [-0.05, 0) is 43.5 Å². The molecule has 4 nitrogen and oxygen atoms in total. The Morgan fingerprint density at radius 2 is 1.94 bits per heavy atom. The van der Waals surface area contributed by atoms with Gasteiger partial charge in [0.25, 0.3) is 0 Å². The van der Waals surface area contributed by atoms with Gasteiger partial charge >= 0.3 is 5.97 Å². The molecule has 0 aliphatic carbocycles. The van der Waals surface area contributed by atoms with Gasteiger partial charge in [-0.1, -0.05) is 12.1 Å². The summed E-state index contributed by atoms with van der Waals surface area (Å²) >= 11 is 0. The normalized spacial score (nSPS) is 23.4. The Balaban J connectivity index is 2.35. The lowest BCUT2D eigenvalue weighted by Crippen LogP contribution is -2.52. The first-order chi connectivity index (χ1) is 8.73. The van der Waals surface area contributed by atoms with Crippen molar-refractivity contribution in [2.24, 2.45) is 0 Å². The van der Waals surface area contributed by atoms with Gasteiger partial charge in [-0.2, -0.15) is 0 Å². The Bertz CT molecular complexity index is 408. The van der Waals surface area contributed by atoms with Gasteiger partial charge < -0.3 is 9.47 Å². The molecule has 1 aliphatic heterocycles. The molecule has 98 valence electrons. The zero-order valence-electron chi connectivity index (χ0n) is 10.9. The molecule has 0 aromatic heterocycles. The molecule has 0 saturated carbocycles. The van der Waals surface area contributed by atoms with Gasteiger partial charge in [0.2, 0.25) is 0 Å². The van der Waals surface area contributed by atoms with E-state index < -0.39 is 5.54 Å². The topological polar surface area (TPSA) is 47.6 Å². The van der Waals surface area contributed by atoms with Crippen LogP contribution in [0.5, 0.6) is 5.75 Å². The summed E-state index contributed by atoms with van der Waals surface area (Å²) in [5.74, 6) is 0.571. The van der Waals surface area contributed by atoms with E-state index in [0.29, 0.717) is 0 Å². The maximum atomic E-state index is 12.1. The first-order valence-electron chi connectivity index (χ1n) is 6.21. The molecule has 1 atom stereocenters. The zero-order valence-corrected chi connectivity index (χ0v) is 10.9. The Labute approximate surface area is 107 Å². The highest BCUT2D eigenvalue weighted by atomic mass is 16.5. The highest BCUT2D eigenvalue weighted by molar-refractivity contribution is 5.82. The van der Waals surface area contributed by atoms with Crippen LogP contribution >= 0.6 is 0 Å². The van der Waals surface area contributed by atoms with Crippen LogP contribution in [0.4, 0.5) is 0 Å². The number of esters is 1. The summed E-state index contributed by atoms with van der Waals surface area (Å²) in [5, 5.41) is 3.32. The fourth-order valence-corrected chi connectivity index (χ4v) is 2.49. The number of methoxy groups -OCH3 is 2. The maximum Gasteiger partial charge on any atom is 0.330 e. The molecular formula is C14H19NO3. The molecule has 0 amide bonds. The Morgan fingerprint density at radius 3 is 2.44 bits per heavy atom. The molecule has 0 spiro atoms. The van der Waals surface area contributed by atoms with E-state index in [2.05, 4.69) is 5.32 Å². The largest absolute Gasteiger partial charge is 0.497 e. The summed E-state index contributed by atoms with van der Waals surface area (Å²) in [6.45, 7) is 0.834. The molecule has 1 aromatic carbocycles. The van der Waals surface area contributed by atoms with Gasteiger partial charge in [0.1, 0.15) is 11.3 Å². The highest BCUT2D eigenvalue weighted by Gasteiger charge is 2.42. The van der Waals surface area contributed by atoms with E-state index in [4.69, 9.17) is 9.47 Å². The molecule has 1 aromatic rings. The van der Waals surface area contributed by atoms with Gasteiger partial charge in [0.05, 0.1) is 14.2 Å². The van der Waals surface area contributed by atoms with Gasteiger partial charge in [-0.15, -0.1) is 0 Å². The third-order valence-corrected chi connectivity index (χ3v) is 3.52. The van der Waals surface area contributed by atoms with Crippen LogP contribution in [0.15, 0.2) is 24.3 Å². The second-order valence-corrected chi connectivity index (χ2v) is 4.51. The van der Waals surface area contributed by atoms with Crippen LogP contribution in [0.3, 0.4) is 0 Å². The first kappa shape index (κ1) is 12.9. The minimum absolute atomic E-state index is 0.215. The van der Waals surface area contributed by atoms with E-state index >= 15 is 0 Å². The van der Waals surface area contributed by atoms with Crippen LogP contribution in [0.1, 0.15) is 24.8 Å². The maximum absolute atomic E-state index is 12.1. The van der Waals surface area contributed by atoms with E-state index in [1.165, 1.54) is 7.11 Å². The van der Waals surface area contributed by atoms with Crippen molar-refractivity contribution in [2.45, 2.75) is 24.8 Å². The SMILES string of the molecule is COC(=O)C1(c2ccc(OC)cc2)CCCCN1. The highest BCUT2D eigenvalue weighted by Crippen LogP contribution is 2.32. The number of hydrogen-bond acceptors (Lipinski definition) is 4. The Kier molecular flexibility index (Phi) is 3.87. The summed E-state index contributed by atoms with van der Waals surface area (Å²) in [5.41, 5.74) is 0.245. The predicted octanol–water partition coefficient (Wildman–Crippen LogP) is 1.84. The monoisotopic (exact) mass is 249 g/mol. The number of piperidine rings is 1. The van der Waals surface area contributed by atoms with Crippen molar-refractivity contribution in [2.75, 3.05) is 20.8 Å². The molecule has 1 heterocycles. The van der Waals surface area contributed by atoms with Crippen molar-refractivity contribution in [3.8, 4) is 5.75 Å². The fourth-order valence-electron chi connectivity index (χ4n) is 2.49. The number of carbonyl (C=O) groups excluding carboxylic acids is 1. The number of benzene rings is 1. The van der Waals surface area contributed by atoms with Crippen molar-refractivity contribution >= 4 is 5.97 Å². The molecule has 1 N–H and O–H groups in total. The fraction of sp³-hybridized carbons (Fsp3) is 0.500. The first-order valence-corrected chi connectivity index (χ1v) is 6.21. The summed E-state index contributed by atoms with van der Waals surface area (Å²) in [7, 11) is 3.06. The van der Waals surface area contributed by atoms with E-state index in [-0.39, 0.29) is 5.97 Å². The predicted molar refractivity (Wildman–Crippen MR) is 68.5 cm³/mol. The average molecular weight is 249 g/mol. The van der Waals surface area contributed by atoms with Crippen LogP contribution in [-0.4, -0.2) is 26.7 Å². The lowest BCUT2D eigenvalue weighted by atomic mass is 9.82. The van der Waals surface area contributed by atoms with Crippen molar-refractivity contribution in [1.29, 1.82) is 0 Å². The number of carbonyl (C=O) groups is 1. The van der Waals surface area contributed by atoms with E-state index in [1.54, 1.807) is 7.11 Å². The Hall–Kier alpha value is -1.55. The summed E-state index contributed by atoms with van der Waals surface area (Å²) < 4.78 is 10.1. The van der Waals surface area contributed by atoms with E-state index in [9.17, 15) is 4.79 Å². The molecule has 1 aliphatic rings. The molecule has 1 unspecified atom stereocenters. The van der Waals surface area contributed by atoms with Crippen LogP contribution in [-0.2, 0) is 15.1 Å². The summed E-state index contributed by atoms with van der Waals surface area (Å²) in [6, 6.07) is 7.59. The molecule has 2 rings (SSSR count). The summed E-state index contributed by atoms with van der Waals surface area (Å²) in [4.78, 5) is 12.1. The number of ether oxygens (including phenoxy) is 2. The van der Waals surface area contributed by atoms with Crippen LogP contribution in [0.2, 0.25) is 0 Å². The molecule has 0 bridgehead atoms. The zero-order chi connectivity index (χ0) is 13.0. The molecule has 4 heteroatoms. The standard InChI is InChI=1S/C14H19NO3/c1-17-12-7-5-11(6-8-12)14(13(16)18-2)9-3-4-10-15-14/h5-8,15H,3-4,9-10H2,1-2H3. The van der Waals surface area contributed by atoms with Gasteiger partial charge in [-0.3, -0.25) is 5.32 Å².